The molecule has 1 unspecified atom stereocenters. The van der Waals surface area contributed by atoms with Crippen LogP contribution in [0.25, 0.3) is 0 Å². The minimum atomic E-state index is -2.33. The summed E-state index contributed by atoms with van der Waals surface area (Å²) in [7, 11) is 0. The van der Waals surface area contributed by atoms with Gasteiger partial charge in [-0.2, -0.15) is 0 Å². The van der Waals surface area contributed by atoms with Crippen LogP contribution in [0, 0.1) is 17.3 Å². The maximum absolute atomic E-state index is 13.2. The maximum atomic E-state index is 13.2. The van der Waals surface area contributed by atoms with Gasteiger partial charge in [0.2, 0.25) is 5.91 Å². The second-order valence-electron chi connectivity index (χ2n) is 11.0. The van der Waals surface area contributed by atoms with Crippen LogP contribution in [-0.4, -0.2) is 69.4 Å². The highest BCUT2D eigenvalue weighted by atomic mass is 16.5. The molecule has 0 aromatic heterocycles. The molecule has 1 aliphatic rings. The highest BCUT2D eigenvalue weighted by Gasteiger charge is 2.45. The lowest BCUT2D eigenvalue weighted by molar-refractivity contribution is -0.153. The number of aromatic hydroxyl groups is 1. The molecule has 12 heteroatoms. The van der Waals surface area contributed by atoms with Crippen molar-refractivity contribution in [2.45, 2.75) is 65.0 Å². The quantitative estimate of drug-likeness (QED) is 0.147. The van der Waals surface area contributed by atoms with Gasteiger partial charge < -0.3 is 36.6 Å². The summed E-state index contributed by atoms with van der Waals surface area (Å²) in [5.74, 6) is -4.20. The summed E-state index contributed by atoms with van der Waals surface area (Å²) in [5, 5.41) is 43.7. The van der Waals surface area contributed by atoms with Gasteiger partial charge in [0.05, 0.1) is 30.9 Å². The van der Waals surface area contributed by atoms with E-state index >= 15 is 0 Å². The Morgan fingerprint density at radius 1 is 1.24 bits per heavy atom. The van der Waals surface area contributed by atoms with Gasteiger partial charge in [-0.3, -0.25) is 19.7 Å². The smallest absolute Gasteiger partial charge is 0.411 e. The first-order valence-electron chi connectivity index (χ1n) is 12.5. The Kier molecular flexibility index (Phi) is 10.4. The molecule has 1 aromatic rings. The average molecular weight is 540 g/mol. The van der Waals surface area contributed by atoms with Crippen molar-refractivity contribution in [3.63, 3.8) is 0 Å². The molecule has 9 N–H and O–H groups in total. The zero-order chi connectivity index (χ0) is 28.8. The number of hydrogen-bond donors (Lipinski definition) is 7. The van der Waals surface area contributed by atoms with Crippen molar-refractivity contribution in [1.82, 2.24) is 0 Å². The van der Waals surface area contributed by atoms with E-state index in [9.17, 15) is 39.6 Å². The summed E-state index contributed by atoms with van der Waals surface area (Å²) in [5.41, 5.74) is 9.38. The Hall–Kier alpha value is -3.06. The Morgan fingerprint density at radius 3 is 2.42 bits per heavy atom. The van der Waals surface area contributed by atoms with Crippen LogP contribution >= 0.6 is 0 Å². The van der Waals surface area contributed by atoms with Crippen LogP contribution in [0.5, 0.6) is 5.75 Å². The van der Waals surface area contributed by atoms with E-state index in [4.69, 9.17) is 16.2 Å². The van der Waals surface area contributed by atoms with Gasteiger partial charge >= 0.3 is 6.09 Å². The normalized spacial score (nSPS) is 17.8. The maximum Gasteiger partial charge on any atom is 0.411 e. The molecule has 214 valence electrons. The molecule has 3 atom stereocenters. The summed E-state index contributed by atoms with van der Waals surface area (Å²) >= 11 is 0. The van der Waals surface area contributed by atoms with Crippen molar-refractivity contribution >= 4 is 29.3 Å². The Bertz CT molecular complexity index is 1070. The van der Waals surface area contributed by atoms with E-state index in [-0.39, 0.29) is 56.9 Å². The lowest BCUT2D eigenvalue weighted by Gasteiger charge is -2.36. The molecule has 0 bridgehead atoms. The summed E-state index contributed by atoms with van der Waals surface area (Å²) in [6.07, 6.45) is -1.44. The van der Waals surface area contributed by atoms with Gasteiger partial charge in [0, 0.05) is 21.0 Å². The molecular formula is C26H41N3O9. The van der Waals surface area contributed by atoms with Crippen molar-refractivity contribution in [3.8, 4) is 5.75 Å². The molecule has 38 heavy (non-hydrogen) atoms. The number of phenols is 1. The lowest BCUT2D eigenvalue weighted by Crippen LogP contribution is -2.51. The van der Waals surface area contributed by atoms with Crippen molar-refractivity contribution in [3.05, 3.63) is 22.8 Å². The number of nitrogens with two attached hydrogens (primary N) is 2. The molecule has 0 saturated carbocycles. The molecular weight excluding hydrogens is 498 g/mol. The largest absolute Gasteiger partial charge is 0.505 e. The number of aliphatic hydroxyl groups is 3. The monoisotopic (exact) mass is 539 g/mol. The number of Topliss-reactive ketones (excluding diaryl/α,β-unsaturated/α-hetero) is 2. The van der Waals surface area contributed by atoms with E-state index in [1.54, 1.807) is 0 Å². The van der Waals surface area contributed by atoms with E-state index in [2.05, 4.69) is 5.32 Å². The highest BCUT2D eigenvalue weighted by molar-refractivity contribution is 6.04. The Labute approximate surface area is 222 Å². The number of ketones is 2. The van der Waals surface area contributed by atoms with E-state index in [0.717, 1.165) is 0 Å². The molecule has 0 radical (unpaired) electrons. The Balaban J connectivity index is 0.00000760. The van der Waals surface area contributed by atoms with Crippen molar-refractivity contribution in [1.29, 1.82) is 0 Å². The van der Waals surface area contributed by atoms with Crippen LogP contribution in [0.2, 0.25) is 0 Å². The van der Waals surface area contributed by atoms with Crippen LogP contribution in [0.1, 0.15) is 69.4 Å². The van der Waals surface area contributed by atoms with Gasteiger partial charge in [-0.15, -0.1) is 0 Å². The first-order chi connectivity index (χ1) is 17.7. The van der Waals surface area contributed by atoms with Gasteiger partial charge in [-0.25, -0.2) is 4.79 Å². The molecule has 0 heterocycles. The standard InChI is InChI=1S/C26H39N3O9.H2/c1-25(2,3)13-38-24(36)29-18-9-15(11-27)17-7-14(8-19(32)22(17)23(18)35)6-16(4-5-30)26(37,12-31)20(33)10-21(28)34;/h9,14,16,30-31,35,37H,4-8,10-13,27H2,1-3H3,(H2,28,34)(H,29,36);1H/t14?,16-,26-;/m1./s1. The number of nitrogens with one attached hydrogen (secondary N) is 1. The number of hydrogen-bond acceptors (Lipinski definition) is 10. The van der Waals surface area contributed by atoms with E-state index in [1.165, 1.54) is 6.07 Å². The van der Waals surface area contributed by atoms with E-state index in [0.29, 0.717) is 11.1 Å². The Morgan fingerprint density at radius 2 is 1.89 bits per heavy atom. The zero-order valence-electron chi connectivity index (χ0n) is 22.1. The number of benzene rings is 1. The van der Waals surface area contributed by atoms with Gasteiger partial charge in [0.1, 0.15) is 11.4 Å². The fourth-order valence-corrected chi connectivity index (χ4v) is 4.76. The fourth-order valence-electron chi connectivity index (χ4n) is 4.76. The second-order valence-corrected chi connectivity index (χ2v) is 11.0. The zero-order valence-corrected chi connectivity index (χ0v) is 22.1. The number of fused-ring (bicyclic) bond motifs is 1. The third-order valence-corrected chi connectivity index (χ3v) is 6.67. The summed E-state index contributed by atoms with van der Waals surface area (Å²) < 4.78 is 5.18. The number of amides is 2. The molecule has 0 spiro atoms. The molecule has 1 aromatic carbocycles. The van der Waals surface area contributed by atoms with Crippen molar-refractivity contribution in [2.75, 3.05) is 25.1 Å². The third kappa shape index (κ3) is 7.50. The number of rotatable bonds is 12. The van der Waals surface area contributed by atoms with Gasteiger partial charge in [-0.05, 0) is 53.7 Å². The highest BCUT2D eigenvalue weighted by Crippen LogP contribution is 2.42. The molecule has 2 rings (SSSR count). The second kappa shape index (κ2) is 12.7. The van der Waals surface area contributed by atoms with Crippen molar-refractivity contribution < 1.29 is 45.8 Å². The van der Waals surface area contributed by atoms with Gasteiger partial charge in [0.15, 0.2) is 11.6 Å². The average Bonchev–Trinajstić information content (AvgIpc) is 2.82. The van der Waals surface area contributed by atoms with Gasteiger partial charge in [0.25, 0.3) is 0 Å². The number of phenolic OH excluding ortho intramolecular Hbond substituents is 1. The first-order valence-corrected chi connectivity index (χ1v) is 12.5. The number of anilines is 1. The number of ether oxygens (including phenoxy) is 1. The summed E-state index contributed by atoms with van der Waals surface area (Å²) in [6, 6.07) is 1.47. The predicted octanol–water partition coefficient (Wildman–Crippen LogP) is 0.993. The summed E-state index contributed by atoms with van der Waals surface area (Å²) in [4.78, 5) is 49.2. The fraction of sp³-hybridized carbons (Fsp3) is 0.615. The van der Waals surface area contributed by atoms with Gasteiger partial charge in [-0.1, -0.05) is 20.8 Å². The number of primary amides is 1. The first kappa shape index (κ1) is 31.2. The molecule has 0 aliphatic heterocycles. The van der Waals surface area contributed by atoms with Crippen molar-refractivity contribution in [2.24, 2.45) is 28.7 Å². The molecule has 1 aliphatic carbocycles. The lowest BCUT2D eigenvalue weighted by atomic mass is 9.71. The van der Waals surface area contributed by atoms with Crippen LogP contribution in [-0.2, 0) is 27.3 Å². The molecule has 0 saturated heterocycles. The van der Waals surface area contributed by atoms with Crippen LogP contribution in [0.4, 0.5) is 10.5 Å². The number of aliphatic hydroxyl groups excluding tert-OH is 2. The summed E-state index contributed by atoms with van der Waals surface area (Å²) in [6.45, 7) is 4.38. The minimum Gasteiger partial charge on any atom is -0.505 e. The molecule has 2 amide bonds. The van der Waals surface area contributed by atoms with Crippen LogP contribution in [0.3, 0.4) is 0 Å². The number of carbonyl (C=O) groups is 4. The van der Waals surface area contributed by atoms with Crippen LogP contribution < -0.4 is 16.8 Å². The number of carbonyl (C=O) groups excluding carboxylic acids is 4. The van der Waals surface area contributed by atoms with E-state index < -0.39 is 66.4 Å². The topological polar surface area (TPSA) is 222 Å². The molecule has 0 fully saturated rings. The minimum absolute atomic E-state index is 0. The van der Waals surface area contributed by atoms with Crippen LogP contribution in [0.15, 0.2) is 6.07 Å². The predicted molar refractivity (Wildman–Crippen MR) is 139 cm³/mol. The molecule has 12 nitrogen and oxygen atoms in total. The third-order valence-electron chi connectivity index (χ3n) is 6.67. The SMILES string of the molecule is CC(C)(C)COC(=O)Nc1cc(CN)c2c(c1O)C(=O)CC(C[C@@H](CCO)[C@](O)(CO)C(=O)CC(N)=O)C2.[HH]. The van der Waals surface area contributed by atoms with E-state index in [1.807, 2.05) is 20.8 Å².